The molecule has 0 atom stereocenters. The minimum absolute atomic E-state index is 0.0714. The maximum Gasteiger partial charge on any atom is 0.437 e. The highest BCUT2D eigenvalue weighted by Gasteiger charge is 2.14. The highest BCUT2D eigenvalue weighted by molar-refractivity contribution is 5.87. The van der Waals surface area contributed by atoms with Crippen LogP contribution < -0.4 is 16.4 Å². The summed E-state index contributed by atoms with van der Waals surface area (Å²) in [6, 6.07) is 5.75. The average Bonchev–Trinajstić information content (AvgIpc) is 2.67. The van der Waals surface area contributed by atoms with Crippen LogP contribution in [0.1, 0.15) is 11.1 Å². The Kier molecular flexibility index (Phi) is 5.82. The number of amides is 1. The Labute approximate surface area is 157 Å². The summed E-state index contributed by atoms with van der Waals surface area (Å²) in [5.41, 5.74) is 14.0. The first-order valence-corrected chi connectivity index (χ1v) is 8.54. The van der Waals surface area contributed by atoms with Gasteiger partial charge in [0.15, 0.2) is 5.96 Å². The van der Waals surface area contributed by atoms with E-state index in [-0.39, 0.29) is 12.6 Å². The van der Waals surface area contributed by atoms with Crippen LogP contribution in [0.15, 0.2) is 35.6 Å². The molecule has 1 aliphatic rings. The average molecular weight is 370 g/mol. The van der Waals surface area contributed by atoms with Crippen LogP contribution in [0.5, 0.6) is 0 Å². The molecule has 0 saturated carbocycles. The first kappa shape index (κ1) is 18.6. The van der Waals surface area contributed by atoms with Crippen molar-refractivity contribution in [1.29, 1.82) is 0 Å². The predicted octanol–water partition coefficient (Wildman–Crippen LogP) is 1.20. The van der Waals surface area contributed by atoms with Gasteiger partial charge in [-0.2, -0.15) is 0 Å². The Morgan fingerprint density at radius 3 is 2.63 bits per heavy atom. The van der Waals surface area contributed by atoms with E-state index in [4.69, 9.17) is 20.9 Å². The molecule has 0 bridgehead atoms. The summed E-state index contributed by atoms with van der Waals surface area (Å²) in [4.78, 5) is 25.9. The number of rotatable bonds is 4. The second-order valence-corrected chi connectivity index (χ2v) is 6.05. The van der Waals surface area contributed by atoms with Crippen molar-refractivity contribution in [3.05, 3.63) is 41.7 Å². The molecule has 2 aromatic rings. The first-order valence-electron chi connectivity index (χ1n) is 8.54. The summed E-state index contributed by atoms with van der Waals surface area (Å²) >= 11 is 0. The number of anilines is 1. The normalized spacial score (nSPS) is 13.9. The molecule has 27 heavy (non-hydrogen) atoms. The molecule has 0 spiro atoms. The van der Waals surface area contributed by atoms with Crippen LogP contribution in [0.4, 0.5) is 10.7 Å². The lowest BCUT2D eigenvalue weighted by atomic mass is 9.99. The third-order valence-electron chi connectivity index (χ3n) is 4.26. The van der Waals surface area contributed by atoms with Gasteiger partial charge in [-0.05, 0) is 23.6 Å². The van der Waals surface area contributed by atoms with Gasteiger partial charge in [0.25, 0.3) is 0 Å². The third-order valence-corrected chi connectivity index (χ3v) is 4.26. The summed E-state index contributed by atoms with van der Waals surface area (Å²) < 4.78 is 10.4. The molecule has 0 aliphatic carbocycles. The van der Waals surface area contributed by atoms with Crippen LogP contribution in [0, 0.1) is 6.92 Å². The fourth-order valence-electron chi connectivity index (χ4n) is 2.82. The Hall–Kier alpha value is -3.20. The van der Waals surface area contributed by atoms with Gasteiger partial charge in [-0.1, -0.05) is 18.2 Å². The van der Waals surface area contributed by atoms with E-state index in [2.05, 4.69) is 19.9 Å². The Morgan fingerprint density at radius 1 is 1.26 bits per heavy atom. The van der Waals surface area contributed by atoms with Crippen LogP contribution in [0.2, 0.25) is 0 Å². The van der Waals surface area contributed by atoms with Gasteiger partial charge in [0.1, 0.15) is 6.61 Å². The second kappa shape index (κ2) is 8.45. The number of carbonyl (C=O) groups is 1. The van der Waals surface area contributed by atoms with Gasteiger partial charge in [-0.25, -0.2) is 14.8 Å². The van der Waals surface area contributed by atoms with Gasteiger partial charge in [-0.15, -0.1) is 4.99 Å². The van der Waals surface area contributed by atoms with Crippen LogP contribution in [0.3, 0.4) is 0 Å². The zero-order valence-electron chi connectivity index (χ0n) is 15.1. The van der Waals surface area contributed by atoms with E-state index < -0.39 is 6.09 Å². The van der Waals surface area contributed by atoms with E-state index in [1.54, 1.807) is 12.4 Å². The third kappa shape index (κ3) is 4.70. The number of benzene rings is 1. The van der Waals surface area contributed by atoms with Crippen LogP contribution >= 0.6 is 0 Å². The number of ether oxygens (including phenoxy) is 2. The van der Waals surface area contributed by atoms with Crippen molar-refractivity contribution in [3.63, 3.8) is 0 Å². The van der Waals surface area contributed by atoms with Gasteiger partial charge < -0.3 is 25.8 Å². The van der Waals surface area contributed by atoms with Gasteiger partial charge in [-0.3, -0.25) is 0 Å². The van der Waals surface area contributed by atoms with Crippen molar-refractivity contribution in [3.8, 4) is 11.1 Å². The fourth-order valence-corrected chi connectivity index (χ4v) is 2.82. The largest absolute Gasteiger partial charge is 0.443 e. The predicted molar refractivity (Wildman–Crippen MR) is 101 cm³/mol. The summed E-state index contributed by atoms with van der Waals surface area (Å²) in [6.07, 6.45) is 2.78. The smallest absolute Gasteiger partial charge is 0.437 e. The van der Waals surface area contributed by atoms with Crippen LogP contribution in [0.25, 0.3) is 11.1 Å². The standard InChI is InChI=1S/C18H22N6O3/c1-12-13(11-27-18(25)23-16(19)20)3-2-4-15(12)14-9-21-17(22-10-14)24-5-7-26-8-6-24/h2-4,9-10H,5-8,11H2,1H3,(H4,19,20,23,25). The van der Waals surface area contributed by atoms with E-state index in [0.29, 0.717) is 19.2 Å². The minimum atomic E-state index is -0.821. The van der Waals surface area contributed by atoms with E-state index >= 15 is 0 Å². The number of nitrogens with zero attached hydrogens (tertiary/aromatic N) is 4. The van der Waals surface area contributed by atoms with Crippen molar-refractivity contribution in [2.75, 3.05) is 31.2 Å². The van der Waals surface area contributed by atoms with E-state index in [0.717, 1.165) is 35.3 Å². The maximum atomic E-state index is 11.5. The summed E-state index contributed by atoms with van der Waals surface area (Å²) in [6.45, 7) is 4.97. The van der Waals surface area contributed by atoms with Gasteiger partial charge >= 0.3 is 6.09 Å². The molecule has 1 aromatic heterocycles. The van der Waals surface area contributed by atoms with Crippen molar-refractivity contribution in [1.82, 2.24) is 9.97 Å². The van der Waals surface area contributed by atoms with E-state index in [1.165, 1.54) is 0 Å². The molecule has 4 N–H and O–H groups in total. The molecule has 1 fully saturated rings. The SMILES string of the molecule is Cc1c(COC(=O)N=C(N)N)cccc1-c1cnc(N2CCOCC2)nc1. The molecule has 9 nitrogen and oxygen atoms in total. The Morgan fingerprint density at radius 2 is 1.96 bits per heavy atom. The monoisotopic (exact) mass is 370 g/mol. The molecular formula is C18H22N6O3. The molecule has 2 heterocycles. The van der Waals surface area contributed by atoms with Gasteiger partial charge in [0.2, 0.25) is 5.95 Å². The number of aromatic nitrogens is 2. The molecular weight excluding hydrogens is 348 g/mol. The Bertz CT molecular complexity index is 827. The van der Waals surface area contributed by atoms with Crippen LogP contribution in [-0.2, 0) is 16.1 Å². The number of carbonyl (C=O) groups excluding carboxylic acids is 1. The lowest BCUT2D eigenvalue weighted by molar-refractivity contribution is 0.122. The highest BCUT2D eigenvalue weighted by atomic mass is 16.5. The van der Waals surface area contributed by atoms with Crippen molar-refractivity contribution in [2.45, 2.75) is 13.5 Å². The molecule has 1 aromatic carbocycles. The first-order chi connectivity index (χ1) is 13.0. The highest BCUT2D eigenvalue weighted by Crippen LogP contribution is 2.26. The minimum Gasteiger partial charge on any atom is -0.443 e. The quantitative estimate of drug-likeness (QED) is 0.607. The zero-order valence-corrected chi connectivity index (χ0v) is 15.1. The zero-order chi connectivity index (χ0) is 19.2. The van der Waals surface area contributed by atoms with Crippen molar-refractivity contribution >= 4 is 18.0 Å². The molecule has 1 aliphatic heterocycles. The van der Waals surface area contributed by atoms with Crippen LogP contribution in [-0.4, -0.2) is 48.3 Å². The lowest BCUT2D eigenvalue weighted by Gasteiger charge is -2.26. The molecule has 9 heteroatoms. The number of morpholine rings is 1. The fraction of sp³-hybridized carbons (Fsp3) is 0.333. The Balaban J connectivity index is 1.74. The molecule has 3 rings (SSSR count). The number of nitrogens with two attached hydrogens (primary N) is 2. The number of hydrogen-bond acceptors (Lipinski definition) is 6. The van der Waals surface area contributed by atoms with E-state index in [9.17, 15) is 4.79 Å². The number of aliphatic imine (C=N–C) groups is 1. The van der Waals surface area contributed by atoms with E-state index in [1.807, 2.05) is 25.1 Å². The molecule has 1 saturated heterocycles. The molecule has 1 amide bonds. The topological polar surface area (TPSA) is 129 Å². The summed E-state index contributed by atoms with van der Waals surface area (Å²) in [5.74, 6) is 0.366. The second-order valence-electron chi connectivity index (χ2n) is 6.05. The summed E-state index contributed by atoms with van der Waals surface area (Å²) in [7, 11) is 0. The number of hydrogen-bond donors (Lipinski definition) is 2. The molecule has 142 valence electrons. The maximum absolute atomic E-state index is 11.5. The number of guanidine groups is 1. The molecule has 0 radical (unpaired) electrons. The molecule has 0 unspecified atom stereocenters. The van der Waals surface area contributed by atoms with Gasteiger partial charge in [0, 0.05) is 31.0 Å². The summed E-state index contributed by atoms with van der Waals surface area (Å²) in [5, 5.41) is 0. The van der Waals surface area contributed by atoms with Crippen molar-refractivity contribution in [2.24, 2.45) is 16.5 Å². The lowest BCUT2D eigenvalue weighted by Crippen LogP contribution is -2.37. The van der Waals surface area contributed by atoms with Gasteiger partial charge in [0.05, 0.1) is 13.2 Å². The van der Waals surface area contributed by atoms with Crippen molar-refractivity contribution < 1.29 is 14.3 Å².